The quantitative estimate of drug-likeness (QED) is 0.896. The molecule has 0 aliphatic heterocycles. The second-order valence-electron chi connectivity index (χ2n) is 4.14. The molecule has 2 nitrogen and oxygen atoms in total. The van der Waals surface area contributed by atoms with Crippen molar-refractivity contribution in [3.05, 3.63) is 58.6 Å². The summed E-state index contributed by atoms with van der Waals surface area (Å²) in [5.74, 6) is 1.68. The van der Waals surface area contributed by atoms with Crippen molar-refractivity contribution >= 4 is 15.9 Å². The molecule has 0 radical (unpaired) electrons. The van der Waals surface area contributed by atoms with E-state index in [-0.39, 0.29) is 0 Å². The van der Waals surface area contributed by atoms with E-state index < -0.39 is 0 Å². The van der Waals surface area contributed by atoms with E-state index in [2.05, 4.69) is 40.3 Å². The van der Waals surface area contributed by atoms with E-state index in [1.807, 2.05) is 43.4 Å². The number of hydrogen-bond acceptors (Lipinski definition) is 2. The number of benzene rings is 2. The molecular formula is C15H16BrNO. The van der Waals surface area contributed by atoms with Crippen LogP contribution in [0.3, 0.4) is 0 Å². The smallest absolute Gasteiger partial charge is 0.128 e. The lowest BCUT2D eigenvalue weighted by Crippen LogP contribution is -2.11. The van der Waals surface area contributed by atoms with Crippen LogP contribution in [0.2, 0.25) is 0 Å². The maximum atomic E-state index is 5.78. The Labute approximate surface area is 116 Å². The number of nitrogens with one attached hydrogen (secondary N) is 1. The summed E-state index contributed by atoms with van der Waals surface area (Å²) in [7, 11) is 1.95. The molecule has 0 aliphatic carbocycles. The maximum absolute atomic E-state index is 5.78. The molecule has 18 heavy (non-hydrogen) atoms. The first-order valence-electron chi connectivity index (χ1n) is 5.89. The van der Waals surface area contributed by atoms with E-state index in [9.17, 15) is 0 Å². The Hall–Kier alpha value is -1.32. The van der Waals surface area contributed by atoms with Gasteiger partial charge in [-0.3, -0.25) is 0 Å². The van der Waals surface area contributed by atoms with Crippen LogP contribution in [0.5, 0.6) is 11.5 Å². The summed E-state index contributed by atoms with van der Waals surface area (Å²) in [5.41, 5.74) is 1.25. The van der Waals surface area contributed by atoms with Crippen LogP contribution < -0.4 is 10.1 Å². The van der Waals surface area contributed by atoms with Gasteiger partial charge < -0.3 is 10.1 Å². The van der Waals surface area contributed by atoms with Crippen LogP contribution in [0.1, 0.15) is 18.5 Å². The zero-order valence-corrected chi connectivity index (χ0v) is 12.1. The molecule has 0 bridgehead atoms. The Balaban J connectivity index is 2.11. The molecule has 1 N–H and O–H groups in total. The second kappa shape index (κ2) is 6.03. The Bertz CT molecular complexity index is 510. The van der Waals surface area contributed by atoms with Gasteiger partial charge in [0.1, 0.15) is 11.5 Å². The van der Waals surface area contributed by atoms with Gasteiger partial charge in [0.25, 0.3) is 0 Å². The van der Waals surface area contributed by atoms with E-state index in [0.717, 1.165) is 16.0 Å². The van der Waals surface area contributed by atoms with Gasteiger partial charge in [0.05, 0.1) is 0 Å². The molecule has 2 aromatic rings. The lowest BCUT2D eigenvalue weighted by molar-refractivity contribution is 0.481. The fraction of sp³-hybridized carbons (Fsp3) is 0.200. The van der Waals surface area contributed by atoms with Crippen LogP contribution in [0.15, 0.2) is 53.0 Å². The second-order valence-corrected chi connectivity index (χ2v) is 5.05. The van der Waals surface area contributed by atoms with Gasteiger partial charge in [-0.1, -0.05) is 34.1 Å². The molecule has 0 saturated heterocycles. The van der Waals surface area contributed by atoms with E-state index in [1.165, 1.54) is 5.56 Å². The van der Waals surface area contributed by atoms with E-state index >= 15 is 0 Å². The molecular weight excluding hydrogens is 290 g/mol. The zero-order chi connectivity index (χ0) is 13.0. The van der Waals surface area contributed by atoms with Gasteiger partial charge in [-0.25, -0.2) is 0 Å². The summed E-state index contributed by atoms with van der Waals surface area (Å²) in [6, 6.07) is 16.3. The van der Waals surface area contributed by atoms with Crippen molar-refractivity contribution in [3.8, 4) is 11.5 Å². The van der Waals surface area contributed by atoms with Crippen molar-refractivity contribution < 1.29 is 4.74 Å². The molecule has 1 atom stereocenters. The van der Waals surface area contributed by atoms with Gasteiger partial charge in [0.15, 0.2) is 0 Å². The zero-order valence-electron chi connectivity index (χ0n) is 10.5. The number of halogens is 1. The lowest BCUT2D eigenvalue weighted by atomic mass is 10.1. The molecule has 0 saturated carbocycles. The highest BCUT2D eigenvalue weighted by molar-refractivity contribution is 9.10. The SMILES string of the molecule is CNC(C)c1ccc(Oc2cccc(Br)c2)cc1. The van der Waals surface area contributed by atoms with E-state index in [4.69, 9.17) is 4.74 Å². The van der Waals surface area contributed by atoms with Crippen molar-refractivity contribution in [1.29, 1.82) is 0 Å². The minimum atomic E-state index is 0.352. The molecule has 0 amide bonds. The predicted octanol–water partition coefficient (Wildman–Crippen LogP) is 4.52. The highest BCUT2D eigenvalue weighted by atomic mass is 79.9. The highest BCUT2D eigenvalue weighted by Gasteiger charge is 2.03. The van der Waals surface area contributed by atoms with Crippen LogP contribution >= 0.6 is 15.9 Å². The Morgan fingerprint density at radius 1 is 1.06 bits per heavy atom. The highest BCUT2D eigenvalue weighted by Crippen LogP contribution is 2.25. The van der Waals surface area contributed by atoms with Gasteiger partial charge in [-0.2, -0.15) is 0 Å². The molecule has 0 aromatic heterocycles. The minimum Gasteiger partial charge on any atom is -0.457 e. The molecule has 2 aromatic carbocycles. The average Bonchev–Trinajstić information content (AvgIpc) is 2.39. The van der Waals surface area contributed by atoms with E-state index in [0.29, 0.717) is 6.04 Å². The van der Waals surface area contributed by atoms with Crippen LogP contribution in [-0.2, 0) is 0 Å². The van der Waals surface area contributed by atoms with Gasteiger partial charge in [0, 0.05) is 10.5 Å². The van der Waals surface area contributed by atoms with Crippen molar-refractivity contribution in [1.82, 2.24) is 5.32 Å². The number of rotatable bonds is 4. The molecule has 94 valence electrons. The summed E-state index contributed by atoms with van der Waals surface area (Å²) in [4.78, 5) is 0. The monoisotopic (exact) mass is 305 g/mol. The topological polar surface area (TPSA) is 21.3 Å². The summed E-state index contributed by atoms with van der Waals surface area (Å²) in [5, 5.41) is 3.21. The molecule has 1 unspecified atom stereocenters. The number of hydrogen-bond donors (Lipinski definition) is 1. The van der Waals surface area contributed by atoms with Crippen molar-refractivity contribution in [3.63, 3.8) is 0 Å². The average molecular weight is 306 g/mol. The normalized spacial score (nSPS) is 12.2. The third kappa shape index (κ3) is 3.34. The molecule has 3 heteroatoms. The Morgan fingerprint density at radius 3 is 2.39 bits per heavy atom. The molecule has 2 rings (SSSR count). The van der Waals surface area contributed by atoms with Crippen LogP contribution in [-0.4, -0.2) is 7.05 Å². The largest absolute Gasteiger partial charge is 0.457 e. The van der Waals surface area contributed by atoms with Gasteiger partial charge in [-0.15, -0.1) is 0 Å². The van der Waals surface area contributed by atoms with Crippen LogP contribution in [0.25, 0.3) is 0 Å². The number of ether oxygens (including phenoxy) is 1. The molecule has 0 spiro atoms. The first kappa shape index (κ1) is 13.1. The lowest BCUT2D eigenvalue weighted by Gasteiger charge is -2.11. The van der Waals surface area contributed by atoms with Gasteiger partial charge in [0.2, 0.25) is 0 Å². The van der Waals surface area contributed by atoms with Crippen molar-refractivity contribution in [2.45, 2.75) is 13.0 Å². The van der Waals surface area contributed by atoms with Crippen molar-refractivity contribution in [2.75, 3.05) is 7.05 Å². The van der Waals surface area contributed by atoms with Gasteiger partial charge in [-0.05, 0) is 49.9 Å². The Morgan fingerprint density at radius 2 is 1.78 bits per heavy atom. The van der Waals surface area contributed by atoms with Crippen LogP contribution in [0, 0.1) is 0 Å². The third-order valence-electron chi connectivity index (χ3n) is 2.84. The summed E-state index contributed by atoms with van der Waals surface area (Å²) in [6.07, 6.45) is 0. The summed E-state index contributed by atoms with van der Waals surface area (Å²) in [6.45, 7) is 2.13. The van der Waals surface area contributed by atoms with Crippen LogP contribution in [0.4, 0.5) is 0 Å². The molecule has 0 heterocycles. The first-order valence-corrected chi connectivity index (χ1v) is 6.69. The fourth-order valence-electron chi connectivity index (χ4n) is 1.66. The summed E-state index contributed by atoms with van der Waals surface area (Å²) >= 11 is 3.43. The molecule has 0 fully saturated rings. The van der Waals surface area contributed by atoms with E-state index in [1.54, 1.807) is 0 Å². The fourth-order valence-corrected chi connectivity index (χ4v) is 2.04. The Kier molecular flexibility index (Phi) is 4.39. The third-order valence-corrected chi connectivity index (χ3v) is 3.34. The summed E-state index contributed by atoms with van der Waals surface area (Å²) < 4.78 is 6.79. The first-order chi connectivity index (χ1) is 8.69. The predicted molar refractivity (Wildman–Crippen MR) is 78.1 cm³/mol. The van der Waals surface area contributed by atoms with Gasteiger partial charge >= 0.3 is 0 Å². The maximum Gasteiger partial charge on any atom is 0.128 e. The standard InChI is InChI=1S/C15H16BrNO/c1-11(17-2)12-6-8-14(9-7-12)18-15-5-3-4-13(16)10-15/h3-11,17H,1-2H3. The van der Waals surface area contributed by atoms with Crippen molar-refractivity contribution in [2.24, 2.45) is 0 Å². The molecule has 0 aliphatic rings. The minimum absolute atomic E-state index is 0.352.